The van der Waals surface area contributed by atoms with E-state index >= 15 is 0 Å². The third-order valence-corrected chi connectivity index (χ3v) is 5.72. The molecule has 2 aromatic heterocycles. The lowest BCUT2D eigenvalue weighted by Crippen LogP contribution is -2.11. The van der Waals surface area contributed by atoms with Crippen LogP contribution in [-0.4, -0.2) is 28.3 Å². The number of imidazole rings is 1. The van der Waals surface area contributed by atoms with Gasteiger partial charge in [-0.2, -0.15) is 0 Å². The minimum Gasteiger partial charge on any atom is -0.507 e. The van der Waals surface area contributed by atoms with E-state index in [0.29, 0.717) is 18.0 Å². The number of fused-ring (bicyclic) bond motifs is 2. The molecule has 6 nitrogen and oxygen atoms in total. The van der Waals surface area contributed by atoms with Gasteiger partial charge in [-0.25, -0.2) is 14.2 Å². The molecule has 156 valence electrons. The Morgan fingerprint density at radius 1 is 1.29 bits per heavy atom. The molecule has 0 saturated carbocycles. The second kappa shape index (κ2) is 7.56. The third kappa shape index (κ3) is 3.25. The zero-order valence-corrected chi connectivity index (χ0v) is 17.3. The van der Waals surface area contributed by atoms with E-state index in [1.165, 1.54) is 12.1 Å². The summed E-state index contributed by atoms with van der Waals surface area (Å²) < 4.78 is 27.4. The summed E-state index contributed by atoms with van der Waals surface area (Å²) in [6, 6.07) is 10.4. The van der Waals surface area contributed by atoms with Crippen molar-refractivity contribution >= 4 is 16.6 Å². The maximum absolute atomic E-state index is 13.6. The van der Waals surface area contributed by atoms with Crippen LogP contribution < -0.4 is 4.74 Å². The maximum atomic E-state index is 13.6. The zero-order chi connectivity index (χ0) is 21.5. The van der Waals surface area contributed by atoms with Gasteiger partial charge in [0.1, 0.15) is 29.2 Å². The first-order valence-electron chi connectivity index (χ1n) is 10.1. The summed E-state index contributed by atoms with van der Waals surface area (Å²) in [5.74, 6) is 1.10. The number of methoxy groups -OCH3 is 1. The second-order valence-electron chi connectivity index (χ2n) is 7.66. The van der Waals surface area contributed by atoms with Crippen molar-refractivity contribution in [2.45, 2.75) is 26.0 Å². The van der Waals surface area contributed by atoms with E-state index in [2.05, 4.69) is 14.4 Å². The van der Waals surface area contributed by atoms with E-state index < -0.39 is 0 Å². The van der Waals surface area contributed by atoms with Gasteiger partial charge in [0.15, 0.2) is 0 Å². The van der Waals surface area contributed by atoms with Gasteiger partial charge >= 0.3 is 0 Å². The number of nitrogens with one attached hydrogen (secondary N) is 1. The topological polar surface area (TPSA) is 56.4 Å². The standard InChI is InChI=1S/C24H21FN4O2/c1-14-11-15(25)5-6-16(14)23-24-28-21(13-29(24)9-4-10-31-23)20-12-17-18(27-20)7-8-19(26-2)22(17)30-3/h5-8,11-13,23,27H,4,9-10H2,1,3H3. The quantitative estimate of drug-likeness (QED) is 0.446. The second-order valence-corrected chi connectivity index (χ2v) is 7.66. The summed E-state index contributed by atoms with van der Waals surface area (Å²) in [5, 5.41) is 0.844. The minimum atomic E-state index is -0.357. The SMILES string of the molecule is [C-]#[N+]c1ccc2[nH]c(-c3cn4c(n3)C(c3ccc(F)cc3C)OCCC4)cc2c1OC. The average Bonchev–Trinajstić information content (AvgIpc) is 3.33. The lowest BCUT2D eigenvalue weighted by atomic mass is 10.0. The molecule has 1 aliphatic heterocycles. The number of ether oxygens (including phenoxy) is 2. The summed E-state index contributed by atoms with van der Waals surface area (Å²) in [6.45, 7) is 10.7. The van der Waals surface area contributed by atoms with Crippen LogP contribution in [0.1, 0.15) is 29.5 Å². The molecule has 0 amide bonds. The van der Waals surface area contributed by atoms with Gasteiger partial charge in [0, 0.05) is 30.3 Å². The van der Waals surface area contributed by atoms with Crippen molar-refractivity contribution in [3.05, 3.63) is 76.8 Å². The third-order valence-electron chi connectivity index (χ3n) is 5.72. The number of aromatic nitrogens is 3. The van der Waals surface area contributed by atoms with E-state index in [9.17, 15) is 4.39 Å². The summed E-state index contributed by atoms with van der Waals surface area (Å²) in [7, 11) is 1.57. The van der Waals surface area contributed by atoms with Crippen molar-refractivity contribution in [3.8, 4) is 17.1 Å². The molecule has 1 N–H and O–H groups in total. The fraction of sp³-hybridized carbons (Fsp3) is 0.250. The number of hydrogen-bond donors (Lipinski definition) is 1. The molecule has 0 saturated heterocycles. The van der Waals surface area contributed by atoms with Gasteiger partial charge in [0.2, 0.25) is 5.69 Å². The number of aromatic amines is 1. The van der Waals surface area contributed by atoms with Crippen LogP contribution >= 0.6 is 0 Å². The number of aryl methyl sites for hydroxylation is 2. The van der Waals surface area contributed by atoms with Gasteiger partial charge in [-0.3, -0.25) is 0 Å². The van der Waals surface area contributed by atoms with Crippen LogP contribution in [0.25, 0.3) is 27.1 Å². The molecule has 1 atom stereocenters. The van der Waals surface area contributed by atoms with Gasteiger partial charge in [0.05, 0.1) is 19.4 Å². The molecular weight excluding hydrogens is 395 g/mol. The van der Waals surface area contributed by atoms with Crippen LogP contribution in [-0.2, 0) is 11.3 Å². The molecule has 1 unspecified atom stereocenters. The smallest absolute Gasteiger partial charge is 0.228 e. The van der Waals surface area contributed by atoms with E-state index in [1.807, 2.05) is 25.3 Å². The predicted molar refractivity (Wildman–Crippen MR) is 116 cm³/mol. The first kappa shape index (κ1) is 19.3. The van der Waals surface area contributed by atoms with Crippen LogP contribution in [0, 0.1) is 19.3 Å². The number of benzene rings is 2. The van der Waals surface area contributed by atoms with Crippen molar-refractivity contribution < 1.29 is 13.9 Å². The van der Waals surface area contributed by atoms with Crippen LogP contribution in [0.2, 0.25) is 0 Å². The average molecular weight is 416 g/mol. The van der Waals surface area contributed by atoms with Crippen molar-refractivity contribution in [1.29, 1.82) is 0 Å². The Morgan fingerprint density at radius 3 is 2.94 bits per heavy atom. The summed E-state index contributed by atoms with van der Waals surface area (Å²) >= 11 is 0. The molecule has 0 spiro atoms. The van der Waals surface area contributed by atoms with Crippen LogP contribution in [0.4, 0.5) is 10.1 Å². The normalized spacial score (nSPS) is 16.0. The highest BCUT2D eigenvalue weighted by molar-refractivity contribution is 5.95. The van der Waals surface area contributed by atoms with E-state index in [-0.39, 0.29) is 11.9 Å². The molecule has 3 heterocycles. The Morgan fingerprint density at radius 2 is 2.16 bits per heavy atom. The van der Waals surface area contributed by atoms with Gasteiger partial charge in [-0.15, -0.1) is 0 Å². The fourth-order valence-corrected chi connectivity index (χ4v) is 4.23. The fourth-order valence-electron chi connectivity index (χ4n) is 4.23. The van der Waals surface area contributed by atoms with Gasteiger partial charge < -0.3 is 19.0 Å². The molecule has 1 aliphatic rings. The Balaban J connectivity index is 1.61. The number of rotatable bonds is 3. The molecule has 7 heteroatoms. The molecular formula is C24H21FN4O2. The van der Waals surface area contributed by atoms with E-state index in [1.54, 1.807) is 19.2 Å². The molecule has 5 rings (SSSR count). The first-order valence-corrected chi connectivity index (χ1v) is 10.1. The van der Waals surface area contributed by atoms with Crippen molar-refractivity contribution in [2.75, 3.05) is 13.7 Å². The summed E-state index contributed by atoms with van der Waals surface area (Å²) in [5.41, 5.74) is 4.73. The van der Waals surface area contributed by atoms with Crippen LogP contribution in [0.3, 0.4) is 0 Å². The Kier molecular flexibility index (Phi) is 4.72. The molecule has 0 radical (unpaired) electrons. The monoisotopic (exact) mass is 416 g/mol. The molecule has 4 aromatic rings. The maximum Gasteiger partial charge on any atom is 0.228 e. The summed E-state index contributed by atoms with van der Waals surface area (Å²) in [4.78, 5) is 11.8. The van der Waals surface area contributed by atoms with Gasteiger partial charge in [-0.05, 0) is 48.7 Å². The Bertz CT molecular complexity index is 1330. The number of nitrogens with zero attached hydrogens (tertiary/aromatic N) is 3. The Hall–Kier alpha value is -3.63. The highest BCUT2D eigenvalue weighted by Crippen LogP contribution is 2.38. The minimum absolute atomic E-state index is 0.260. The van der Waals surface area contributed by atoms with Crippen molar-refractivity contribution in [1.82, 2.24) is 14.5 Å². The van der Waals surface area contributed by atoms with Gasteiger partial charge in [-0.1, -0.05) is 12.1 Å². The summed E-state index contributed by atoms with van der Waals surface area (Å²) in [6.07, 6.45) is 2.53. The van der Waals surface area contributed by atoms with Gasteiger partial charge in [0.25, 0.3) is 0 Å². The lowest BCUT2D eigenvalue weighted by molar-refractivity contribution is 0.0808. The lowest BCUT2D eigenvalue weighted by Gasteiger charge is -2.17. The highest BCUT2D eigenvalue weighted by atomic mass is 19.1. The van der Waals surface area contributed by atoms with Crippen LogP contribution in [0.15, 0.2) is 42.6 Å². The molecule has 0 aliphatic carbocycles. The van der Waals surface area contributed by atoms with Crippen molar-refractivity contribution in [2.24, 2.45) is 0 Å². The molecule has 0 bridgehead atoms. The van der Waals surface area contributed by atoms with E-state index in [0.717, 1.165) is 52.2 Å². The van der Waals surface area contributed by atoms with Crippen molar-refractivity contribution in [3.63, 3.8) is 0 Å². The number of H-pyrrole nitrogens is 1. The Labute approximate surface area is 179 Å². The highest BCUT2D eigenvalue weighted by Gasteiger charge is 2.26. The number of hydrogen-bond acceptors (Lipinski definition) is 3. The van der Waals surface area contributed by atoms with E-state index in [4.69, 9.17) is 21.0 Å². The predicted octanol–water partition coefficient (Wildman–Crippen LogP) is 5.55. The number of halogens is 1. The first-order chi connectivity index (χ1) is 15.1. The largest absolute Gasteiger partial charge is 0.507 e. The molecule has 31 heavy (non-hydrogen) atoms. The van der Waals surface area contributed by atoms with Crippen LogP contribution in [0.5, 0.6) is 5.75 Å². The molecule has 2 aromatic carbocycles. The molecule has 0 fully saturated rings. The zero-order valence-electron chi connectivity index (χ0n) is 17.3.